The fraction of sp³-hybridized carbons (Fsp3) is 0.300. The molecule has 0 aliphatic heterocycles. The molecular formula is C20H24BrN3O3. The predicted molar refractivity (Wildman–Crippen MR) is 111 cm³/mol. The van der Waals surface area contributed by atoms with Crippen LogP contribution in [0.4, 0.5) is 0 Å². The summed E-state index contributed by atoms with van der Waals surface area (Å²) in [5.41, 5.74) is 4.60. The van der Waals surface area contributed by atoms with Gasteiger partial charge in [-0.1, -0.05) is 34.1 Å². The van der Waals surface area contributed by atoms with Gasteiger partial charge in [0.25, 0.3) is 0 Å². The Balaban J connectivity index is 1.63. The summed E-state index contributed by atoms with van der Waals surface area (Å²) in [5, 5.41) is 7.21. The number of hydrogen-bond acceptors (Lipinski definition) is 5. The molecule has 0 aliphatic rings. The number of hydrogen-bond donors (Lipinski definition) is 2. The Morgan fingerprint density at radius 1 is 1.07 bits per heavy atom. The lowest BCUT2D eigenvalue weighted by Gasteiger charge is -2.10. The minimum absolute atomic E-state index is 0.123. The number of ether oxygens (including phenoxy) is 2. The molecule has 0 fully saturated rings. The Hall–Kier alpha value is -2.38. The third-order valence-electron chi connectivity index (χ3n) is 3.84. The largest absolute Gasteiger partial charge is 0.493 e. The van der Waals surface area contributed by atoms with Crippen molar-refractivity contribution in [1.29, 1.82) is 0 Å². The van der Waals surface area contributed by atoms with E-state index in [-0.39, 0.29) is 5.91 Å². The number of nitrogens with one attached hydrogen (secondary N) is 2. The fourth-order valence-corrected chi connectivity index (χ4v) is 2.64. The molecule has 0 atom stereocenters. The van der Waals surface area contributed by atoms with Gasteiger partial charge in [-0.3, -0.25) is 4.79 Å². The Morgan fingerprint density at radius 3 is 2.52 bits per heavy atom. The highest BCUT2D eigenvalue weighted by atomic mass is 79.9. The number of amides is 1. The van der Waals surface area contributed by atoms with E-state index in [4.69, 9.17) is 9.47 Å². The van der Waals surface area contributed by atoms with Crippen LogP contribution in [0, 0.1) is 0 Å². The second-order valence-corrected chi connectivity index (χ2v) is 6.70. The lowest BCUT2D eigenvalue weighted by atomic mass is 10.1. The Bertz CT molecular complexity index is 764. The monoisotopic (exact) mass is 433 g/mol. The summed E-state index contributed by atoms with van der Waals surface area (Å²) in [6, 6.07) is 13.5. The zero-order valence-electron chi connectivity index (χ0n) is 15.5. The van der Waals surface area contributed by atoms with Gasteiger partial charge in [0.15, 0.2) is 11.5 Å². The first-order valence-electron chi connectivity index (χ1n) is 8.61. The fourth-order valence-electron chi connectivity index (χ4n) is 2.38. The number of carbonyl (C=O) groups excluding carboxylic acids is 1. The van der Waals surface area contributed by atoms with Crippen LogP contribution in [0.3, 0.4) is 0 Å². The van der Waals surface area contributed by atoms with Crippen molar-refractivity contribution in [2.45, 2.75) is 12.8 Å². The smallest absolute Gasteiger partial charge is 0.241 e. The van der Waals surface area contributed by atoms with E-state index in [1.807, 2.05) is 42.5 Å². The highest BCUT2D eigenvalue weighted by molar-refractivity contribution is 9.10. The molecule has 144 valence electrons. The van der Waals surface area contributed by atoms with Crippen molar-refractivity contribution < 1.29 is 14.3 Å². The van der Waals surface area contributed by atoms with Crippen LogP contribution in [0.1, 0.15) is 17.5 Å². The van der Waals surface area contributed by atoms with Gasteiger partial charge in [0, 0.05) is 17.4 Å². The molecule has 2 rings (SSSR count). The number of benzene rings is 2. The maximum Gasteiger partial charge on any atom is 0.241 e. The maximum absolute atomic E-state index is 11.8. The van der Waals surface area contributed by atoms with Crippen LogP contribution >= 0.6 is 15.9 Å². The van der Waals surface area contributed by atoms with Crippen molar-refractivity contribution in [3.8, 4) is 11.5 Å². The first kappa shape index (κ1) is 20.9. The van der Waals surface area contributed by atoms with E-state index in [1.54, 1.807) is 20.4 Å². The number of methoxy groups -OCH3 is 2. The summed E-state index contributed by atoms with van der Waals surface area (Å²) in [4.78, 5) is 11.8. The van der Waals surface area contributed by atoms with Gasteiger partial charge in [-0.2, -0.15) is 5.10 Å². The summed E-state index contributed by atoms with van der Waals surface area (Å²) < 4.78 is 11.5. The van der Waals surface area contributed by atoms with Gasteiger partial charge >= 0.3 is 0 Å². The topological polar surface area (TPSA) is 72.0 Å². The van der Waals surface area contributed by atoms with E-state index in [0.717, 1.165) is 40.1 Å². The van der Waals surface area contributed by atoms with Crippen molar-refractivity contribution in [3.63, 3.8) is 0 Å². The lowest BCUT2D eigenvalue weighted by Crippen LogP contribution is -2.25. The summed E-state index contributed by atoms with van der Waals surface area (Å²) in [7, 11) is 3.24. The van der Waals surface area contributed by atoms with Crippen molar-refractivity contribution >= 4 is 28.1 Å². The zero-order valence-corrected chi connectivity index (χ0v) is 17.1. The molecule has 0 aliphatic carbocycles. The van der Waals surface area contributed by atoms with E-state index in [0.29, 0.717) is 13.0 Å². The lowest BCUT2D eigenvalue weighted by molar-refractivity contribution is -0.120. The molecule has 0 bridgehead atoms. The van der Waals surface area contributed by atoms with E-state index in [1.165, 1.54) is 0 Å². The molecule has 2 aromatic carbocycles. The predicted octanol–water partition coefficient (Wildman–Crippen LogP) is 3.14. The third-order valence-corrected chi connectivity index (χ3v) is 4.37. The molecule has 0 radical (unpaired) electrons. The SMILES string of the molecule is COc1ccc(CCNCCC(=O)N/N=C/c2ccc(Br)cc2)cc1OC. The number of rotatable bonds is 10. The van der Waals surface area contributed by atoms with Gasteiger partial charge in [-0.25, -0.2) is 5.43 Å². The summed E-state index contributed by atoms with van der Waals surface area (Å²) in [5.74, 6) is 1.31. The molecule has 0 saturated heterocycles. The van der Waals surface area contributed by atoms with Gasteiger partial charge in [-0.05, 0) is 48.4 Å². The van der Waals surface area contributed by atoms with Crippen molar-refractivity contribution in [3.05, 3.63) is 58.1 Å². The number of carbonyl (C=O) groups is 1. The van der Waals surface area contributed by atoms with Gasteiger partial charge in [0.2, 0.25) is 5.91 Å². The second kappa shape index (κ2) is 11.4. The molecule has 0 heterocycles. The van der Waals surface area contributed by atoms with Gasteiger partial charge in [-0.15, -0.1) is 0 Å². The Kier molecular flexibility index (Phi) is 8.80. The molecule has 2 N–H and O–H groups in total. The number of halogens is 1. The zero-order chi connectivity index (χ0) is 19.5. The maximum atomic E-state index is 11.8. The van der Waals surface area contributed by atoms with Gasteiger partial charge < -0.3 is 14.8 Å². The van der Waals surface area contributed by atoms with Crippen LogP contribution in [-0.4, -0.2) is 39.4 Å². The van der Waals surface area contributed by atoms with Crippen molar-refractivity contribution in [2.24, 2.45) is 5.10 Å². The van der Waals surface area contributed by atoms with Crippen LogP contribution < -0.4 is 20.2 Å². The van der Waals surface area contributed by atoms with E-state index < -0.39 is 0 Å². The van der Waals surface area contributed by atoms with E-state index >= 15 is 0 Å². The Morgan fingerprint density at radius 2 is 1.81 bits per heavy atom. The third kappa shape index (κ3) is 7.40. The summed E-state index contributed by atoms with van der Waals surface area (Å²) >= 11 is 3.37. The van der Waals surface area contributed by atoms with Crippen molar-refractivity contribution in [2.75, 3.05) is 27.3 Å². The molecule has 0 aromatic heterocycles. The molecular weight excluding hydrogens is 410 g/mol. The number of nitrogens with zero attached hydrogens (tertiary/aromatic N) is 1. The van der Waals surface area contributed by atoms with E-state index in [9.17, 15) is 4.79 Å². The minimum Gasteiger partial charge on any atom is -0.493 e. The average Bonchev–Trinajstić information content (AvgIpc) is 2.69. The van der Waals surface area contributed by atoms with Crippen molar-refractivity contribution in [1.82, 2.24) is 10.7 Å². The first-order chi connectivity index (χ1) is 13.1. The standard InChI is InChI=1S/C20H24BrN3O3/c1-26-18-8-5-15(13-19(18)27-2)9-11-22-12-10-20(25)24-23-14-16-3-6-17(21)7-4-16/h3-8,13-14,22H,9-12H2,1-2H3,(H,24,25)/b23-14+. The second-order valence-electron chi connectivity index (χ2n) is 5.78. The molecule has 0 saturated carbocycles. The highest BCUT2D eigenvalue weighted by Crippen LogP contribution is 2.27. The molecule has 1 amide bonds. The molecule has 2 aromatic rings. The van der Waals surface area contributed by atoms with Crippen LogP contribution in [0.15, 0.2) is 52.0 Å². The molecule has 6 nitrogen and oxygen atoms in total. The molecule has 27 heavy (non-hydrogen) atoms. The van der Waals surface area contributed by atoms with Crippen LogP contribution in [-0.2, 0) is 11.2 Å². The molecule has 7 heteroatoms. The van der Waals surface area contributed by atoms with Gasteiger partial charge in [0.1, 0.15) is 0 Å². The summed E-state index contributed by atoms with van der Waals surface area (Å²) in [6.45, 7) is 1.36. The van der Waals surface area contributed by atoms with Crippen LogP contribution in [0.2, 0.25) is 0 Å². The number of hydrazone groups is 1. The summed E-state index contributed by atoms with van der Waals surface area (Å²) in [6.07, 6.45) is 2.82. The first-order valence-corrected chi connectivity index (χ1v) is 9.40. The van der Waals surface area contributed by atoms with E-state index in [2.05, 4.69) is 31.8 Å². The average molecular weight is 434 g/mol. The van der Waals surface area contributed by atoms with Crippen LogP contribution in [0.5, 0.6) is 11.5 Å². The molecule has 0 unspecified atom stereocenters. The van der Waals surface area contributed by atoms with Crippen LogP contribution in [0.25, 0.3) is 0 Å². The highest BCUT2D eigenvalue weighted by Gasteiger charge is 2.04. The Labute approximate surface area is 168 Å². The normalized spacial score (nSPS) is 10.8. The minimum atomic E-state index is -0.123. The quantitative estimate of drug-likeness (QED) is 0.343. The molecule has 0 spiro atoms. The van der Waals surface area contributed by atoms with Gasteiger partial charge in [0.05, 0.1) is 20.4 Å².